The summed E-state index contributed by atoms with van der Waals surface area (Å²) in [5.41, 5.74) is 14.2. The van der Waals surface area contributed by atoms with E-state index in [0.29, 0.717) is 5.56 Å². The molecule has 2 aromatic heterocycles. The van der Waals surface area contributed by atoms with E-state index in [4.69, 9.17) is 0 Å². The number of para-hydroxylation sites is 3. The molecule has 0 saturated carbocycles. The van der Waals surface area contributed by atoms with E-state index in [-0.39, 0.29) is 5.41 Å². The number of rotatable bonds is 2. The van der Waals surface area contributed by atoms with Gasteiger partial charge in [-0.05, 0) is 99.8 Å². The summed E-state index contributed by atoms with van der Waals surface area (Å²) >= 11 is 0. The van der Waals surface area contributed by atoms with Crippen molar-refractivity contribution >= 4 is 49.6 Å². The second-order valence-corrected chi connectivity index (χ2v) is 13.2. The molecular weight excluding hydrogens is 573 g/mol. The zero-order valence-corrected chi connectivity index (χ0v) is 26.0. The van der Waals surface area contributed by atoms with Gasteiger partial charge >= 0.3 is 0 Å². The third kappa shape index (κ3) is 3.43. The lowest BCUT2D eigenvalue weighted by atomic mass is 9.81. The van der Waals surface area contributed by atoms with Gasteiger partial charge in [0, 0.05) is 33.6 Å². The van der Waals surface area contributed by atoms with Gasteiger partial charge in [0.1, 0.15) is 0 Å². The zero-order valence-electron chi connectivity index (χ0n) is 26.0. The number of anilines is 3. The SMILES string of the molecule is CC1(C)c2ccccc2-c2cc3cc4c5c(c3cc21)c1ccccc1n5-c1ccccc1N4c1cc(C#N)cc(-c2ccccn2)c1. The van der Waals surface area contributed by atoms with Crippen LogP contribution in [0.25, 0.3) is 60.6 Å². The molecule has 4 nitrogen and oxygen atoms in total. The summed E-state index contributed by atoms with van der Waals surface area (Å²) in [7, 11) is 0. The molecule has 0 bridgehead atoms. The molecule has 0 unspecified atom stereocenters. The van der Waals surface area contributed by atoms with Crippen molar-refractivity contribution in [3.63, 3.8) is 0 Å². The van der Waals surface area contributed by atoms with Crippen LogP contribution in [0.4, 0.5) is 17.1 Å². The van der Waals surface area contributed by atoms with E-state index in [1.54, 1.807) is 6.20 Å². The molecule has 6 aromatic carbocycles. The van der Waals surface area contributed by atoms with E-state index < -0.39 is 0 Å². The smallest absolute Gasteiger partial charge is 0.0992 e. The van der Waals surface area contributed by atoms with E-state index in [1.165, 1.54) is 54.8 Å². The van der Waals surface area contributed by atoms with Crippen molar-refractivity contribution in [1.82, 2.24) is 9.55 Å². The third-order valence-electron chi connectivity index (χ3n) is 10.3. The van der Waals surface area contributed by atoms with Crippen molar-refractivity contribution in [2.75, 3.05) is 4.90 Å². The lowest BCUT2D eigenvalue weighted by Gasteiger charge is -2.34. The van der Waals surface area contributed by atoms with Gasteiger partial charge in [-0.25, -0.2) is 0 Å². The highest BCUT2D eigenvalue weighted by Gasteiger charge is 2.37. The monoisotopic (exact) mass is 600 g/mol. The Morgan fingerprint density at radius 3 is 2.30 bits per heavy atom. The molecule has 4 heteroatoms. The molecule has 47 heavy (non-hydrogen) atoms. The Kier molecular flexibility index (Phi) is 5.10. The standard InChI is InChI=1S/C43H28N4/c1-43(2)34-13-5-3-11-30(34)33-22-27-23-40-42-41(32(27)24-35(33)43)31-12-4-6-15-37(31)47(42)39-17-8-7-16-38(39)46(40)29-20-26(25-44)19-28(21-29)36-14-9-10-18-45-36/h3-24H,1-2H3. The number of nitriles is 1. The van der Waals surface area contributed by atoms with E-state index in [1.807, 2.05) is 30.3 Å². The summed E-state index contributed by atoms with van der Waals surface area (Å²) in [6, 6.07) is 47.9. The molecule has 10 rings (SSSR count). The first-order chi connectivity index (χ1) is 23.0. The number of hydrogen-bond donors (Lipinski definition) is 0. The molecule has 1 aliphatic heterocycles. The van der Waals surface area contributed by atoms with Gasteiger partial charge in [0.25, 0.3) is 0 Å². The maximum atomic E-state index is 10.2. The predicted molar refractivity (Wildman–Crippen MR) is 192 cm³/mol. The van der Waals surface area contributed by atoms with Crippen LogP contribution in [0.15, 0.2) is 134 Å². The van der Waals surface area contributed by atoms with Crippen LogP contribution < -0.4 is 4.90 Å². The molecule has 0 spiro atoms. The van der Waals surface area contributed by atoms with E-state index in [2.05, 4.69) is 131 Å². The minimum absolute atomic E-state index is 0.0984. The van der Waals surface area contributed by atoms with Crippen molar-refractivity contribution in [1.29, 1.82) is 5.26 Å². The van der Waals surface area contributed by atoms with Crippen LogP contribution in [-0.2, 0) is 5.41 Å². The van der Waals surface area contributed by atoms with Gasteiger partial charge in [0.2, 0.25) is 0 Å². The highest BCUT2D eigenvalue weighted by Crippen LogP contribution is 2.55. The minimum atomic E-state index is -0.0984. The first-order valence-electron chi connectivity index (χ1n) is 16.0. The Labute approximate surface area is 272 Å². The minimum Gasteiger partial charge on any atom is -0.306 e. The molecule has 0 atom stereocenters. The number of nitrogens with zero attached hydrogens (tertiary/aromatic N) is 4. The van der Waals surface area contributed by atoms with Crippen LogP contribution >= 0.6 is 0 Å². The Morgan fingerprint density at radius 1 is 0.660 bits per heavy atom. The van der Waals surface area contributed by atoms with Crippen molar-refractivity contribution in [2.45, 2.75) is 19.3 Å². The summed E-state index contributed by atoms with van der Waals surface area (Å²) < 4.78 is 2.44. The van der Waals surface area contributed by atoms with Crippen molar-refractivity contribution in [3.8, 4) is 34.1 Å². The van der Waals surface area contributed by atoms with Gasteiger partial charge in [-0.15, -0.1) is 0 Å². The molecule has 0 radical (unpaired) electrons. The number of fused-ring (bicyclic) bond motifs is 10. The fourth-order valence-electron chi connectivity index (χ4n) is 8.23. The summed E-state index contributed by atoms with van der Waals surface area (Å²) in [5.74, 6) is 0. The van der Waals surface area contributed by atoms with Crippen molar-refractivity contribution < 1.29 is 0 Å². The fraction of sp³-hybridized carbons (Fsp3) is 0.0698. The number of pyridine rings is 1. The topological polar surface area (TPSA) is 44.9 Å². The number of aromatic nitrogens is 2. The van der Waals surface area contributed by atoms with Crippen LogP contribution in [-0.4, -0.2) is 9.55 Å². The number of benzene rings is 6. The molecule has 0 saturated heterocycles. The van der Waals surface area contributed by atoms with Crippen LogP contribution in [0.2, 0.25) is 0 Å². The quantitative estimate of drug-likeness (QED) is 0.198. The van der Waals surface area contributed by atoms with E-state index in [0.717, 1.165) is 34.0 Å². The summed E-state index contributed by atoms with van der Waals surface area (Å²) in [5, 5.41) is 15.1. The van der Waals surface area contributed by atoms with E-state index in [9.17, 15) is 5.26 Å². The fourth-order valence-corrected chi connectivity index (χ4v) is 8.23. The molecule has 1 aliphatic carbocycles. The molecule has 3 heterocycles. The van der Waals surface area contributed by atoms with Crippen LogP contribution in [0.3, 0.4) is 0 Å². The average Bonchev–Trinajstić information content (AvgIpc) is 3.58. The average molecular weight is 601 g/mol. The molecule has 0 fully saturated rings. The second-order valence-electron chi connectivity index (χ2n) is 13.2. The second kappa shape index (κ2) is 9.19. The number of hydrogen-bond acceptors (Lipinski definition) is 3. The summed E-state index contributed by atoms with van der Waals surface area (Å²) in [6.45, 7) is 4.70. The molecular formula is C43H28N4. The maximum Gasteiger partial charge on any atom is 0.0992 e. The molecule has 2 aliphatic rings. The van der Waals surface area contributed by atoms with Gasteiger partial charge in [-0.3, -0.25) is 4.98 Å². The highest BCUT2D eigenvalue weighted by atomic mass is 15.2. The predicted octanol–water partition coefficient (Wildman–Crippen LogP) is 11.0. The van der Waals surface area contributed by atoms with Crippen LogP contribution in [0, 0.1) is 11.3 Å². The third-order valence-corrected chi connectivity index (χ3v) is 10.3. The van der Waals surface area contributed by atoms with E-state index >= 15 is 0 Å². The summed E-state index contributed by atoms with van der Waals surface area (Å²) in [6.07, 6.45) is 1.80. The first kappa shape index (κ1) is 26.1. The molecule has 8 aromatic rings. The lowest BCUT2D eigenvalue weighted by molar-refractivity contribution is 0.661. The van der Waals surface area contributed by atoms with Gasteiger partial charge in [-0.2, -0.15) is 5.26 Å². The highest BCUT2D eigenvalue weighted by molar-refractivity contribution is 6.27. The van der Waals surface area contributed by atoms with Crippen molar-refractivity contribution in [2.24, 2.45) is 0 Å². The maximum absolute atomic E-state index is 10.2. The Balaban J connectivity index is 1.36. The molecule has 220 valence electrons. The Bertz CT molecular complexity index is 2670. The van der Waals surface area contributed by atoms with Crippen LogP contribution in [0.1, 0.15) is 30.5 Å². The van der Waals surface area contributed by atoms with Gasteiger partial charge in [-0.1, -0.05) is 74.5 Å². The molecule has 0 amide bonds. The van der Waals surface area contributed by atoms with Gasteiger partial charge < -0.3 is 9.47 Å². The zero-order chi connectivity index (χ0) is 31.4. The molecule has 0 N–H and O–H groups in total. The Hall–Kier alpha value is -6.18. The Morgan fingerprint density at radius 2 is 1.45 bits per heavy atom. The first-order valence-corrected chi connectivity index (χ1v) is 16.0. The largest absolute Gasteiger partial charge is 0.306 e. The summed E-state index contributed by atoms with van der Waals surface area (Å²) in [4.78, 5) is 6.97. The lowest BCUT2D eigenvalue weighted by Crippen LogP contribution is -2.18. The van der Waals surface area contributed by atoms with Crippen molar-refractivity contribution in [3.05, 3.63) is 150 Å². The normalized spacial score (nSPS) is 13.9. The van der Waals surface area contributed by atoms with Crippen LogP contribution in [0.5, 0.6) is 0 Å². The van der Waals surface area contributed by atoms with Gasteiger partial charge in [0.15, 0.2) is 0 Å². The van der Waals surface area contributed by atoms with Gasteiger partial charge in [0.05, 0.1) is 45.4 Å².